The fourth-order valence-corrected chi connectivity index (χ4v) is 3.43. The van der Waals surface area contributed by atoms with Crippen LogP contribution in [0.2, 0.25) is 0 Å². The summed E-state index contributed by atoms with van der Waals surface area (Å²) in [4.78, 5) is 21.5. The van der Waals surface area contributed by atoms with Crippen LogP contribution < -0.4 is 11.3 Å². The average Bonchev–Trinajstić information content (AvgIpc) is 3.43. The second-order valence-electron chi connectivity index (χ2n) is 6.84. The van der Waals surface area contributed by atoms with Crippen LogP contribution in [0.3, 0.4) is 0 Å². The Labute approximate surface area is 164 Å². The van der Waals surface area contributed by atoms with Crippen LogP contribution in [0, 0.1) is 6.92 Å². The number of nitrogens with two attached hydrogens (primary N) is 1. The summed E-state index contributed by atoms with van der Waals surface area (Å²) < 4.78 is 6.56. The normalized spacial score (nSPS) is 11.6. The number of imidazole rings is 1. The van der Waals surface area contributed by atoms with E-state index in [-0.39, 0.29) is 11.4 Å². The first kappa shape index (κ1) is 17.0. The molecule has 0 fully saturated rings. The van der Waals surface area contributed by atoms with Crippen molar-refractivity contribution in [3.8, 4) is 28.7 Å². The molecule has 0 atom stereocenters. The molecule has 146 valence electrons. The first-order valence-electron chi connectivity index (χ1n) is 8.88. The highest BCUT2D eigenvalue weighted by molar-refractivity contribution is 5.79. The van der Waals surface area contributed by atoms with E-state index in [9.17, 15) is 4.79 Å². The number of aromatic nitrogens is 9. The Morgan fingerprint density at radius 3 is 2.62 bits per heavy atom. The number of hydrogen-bond acceptors (Lipinski definition) is 6. The third-order valence-electron chi connectivity index (χ3n) is 4.83. The van der Waals surface area contributed by atoms with Gasteiger partial charge in [-0.15, -0.1) is 5.10 Å². The molecule has 0 radical (unpaired) electrons. The van der Waals surface area contributed by atoms with Crippen molar-refractivity contribution in [1.29, 1.82) is 0 Å². The predicted octanol–water partition coefficient (Wildman–Crippen LogP) is 0.900. The van der Waals surface area contributed by atoms with E-state index in [0.29, 0.717) is 23.0 Å². The fraction of sp³-hybridized carbons (Fsp3) is 0.167. The van der Waals surface area contributed by atoms with Gasteiger partial charge in [0.2, 0.25) is 5.82 Å². The monoisotopic (exact) mass is 390 g/mol. The molecule has 0 amide bonds. The highest BCUT2D eigenvalue weighted by Crippen LogP contribution is 2.30. The Morgan fingerprint density at radius 2 is 2.00 bits per heavy atom. The minimum Gasteiger partial charge on any atom is -0.384 e. The van der Waals surface area contributed by atoms with Crippen LogP contribution in [-0.2, 0) is 14.1 Å². The number of nitrogen functional groups attached to an aromatic ring is 1. The molecule has 3 N–H and O–H groups in total. The van der Waals surface area contributed by atoms with Gasteiger partial charge in [0.25, 0.3) is 5.56 Å². The van der Waals surface area contributed by atoms with Gasteiger partial charge >= 0.3 is 0 Å². The third kappa shape index (κ3) is 2.55. The zero-order valence-corrected chi connectivity index (χ0v) is 16.0. The van der Waals surface area contributed by atoms with Crippen molar-refractivity contribution in [1.82, 2.24) is 43.7 Å². The summed E-state index contributed by atoms with van der Waals surface area (Å²) in [7, 11) is 3.72. The van der Waals surface area contributed by atoms with E-state index in [0.717, 1.165) is 16.8 Å². The summed E-state index contributed by atoms with van der Waals surface area (Å²) in [6, 6.07) is 3.24. The van der Waals surface area contributed by atoms with Crippen LogP contribution in [0.4, 0.5) is 5.82 Å². The van der Waals surface area contributed by atoms with Crippen molar-refractivity contribution in [3.63, 3.8) is 0 Å². The van der Waals surface area contributed by atoms with E-state index in [2.05, 4.69) is 25.3 Å². The second kappa shape index (κ2) is 5.92. The summed E-state index contributed by atoms with van der Waals surface area (Å²) in [5, 5.41) is 12.0. The molecule has 0 aromatic carbocycles. The quantitative estimate of drug-likeness (QED) is 0.471. The number of anilines is 1. The molecule has 0 unspecified atom stereocenters. The number of aryl methyl sites for hydroxylation is 3. The fourth-order valence-electron chi connectivity index (χ4n) is 3.43. The molecule has 0 aliphatic carbocycles. The van der Waals surface area contributed by atoms with Crippen molar-refractivity contribution in [2.75, 3.05) is 5.73 Å². The van der Waals surface area contributed by atoms with Crippen LogP contribution in [0.25, 0.3) is 34.2 Å². The topological polar surface area (TPSA) is 130 Å². The van der Waals surface area contributed by atoms with E-state index < -0.39 is 0 Å². The Balaban J connectivity index is 1.87. The first-order valence-corrected chi connectivity index (χ1v) is 8.88. The minimum atomic E-state index is -0.311. The van der Waals surface area contributed by atoms with E-state index in [4.69, 9.17) is 5.73 Å². The lowest BCUT2D eigenvalue weighted by Gasteiger charge is -2.08. The van der Waals surface area contributed by atoms with Crippen LogP contribution in [0.1, 0.15) is 5.56 Å². The lowest BCUT2D eigenvalue weighted by molar-refractivity contribution is 0.770. The van der Waals surface area contributed by atoms with Gasteiger partial charge in [0.15, 0.2) is 11.6 Å². The van der Waals surface area contributed by atoms with Gasteiger partial charge in [0, 0.05) is 50.5 Å². The summed E-state index contributed by atoms with van der Waals surface area (Å²) in [5.74, 6) is 1.59. The largest absolute Gasteiger partial charge is 0.384 e. The van der Waals surface area contributed by atoms with E-state index in [1.54, 1.807) is 15.4 Å². The predicted molar refractivity (Wildman–Crippen MR) is 106 cm³/mol. The van der Waals surface area contributed by atoms with Crippen molar-refractivity contribution in [2.24, 2.45) is 14.1 Å². The van der Waals surface area contributed by atoms with Gasteiger partial charge in [0.1, 0.15) is 11.3 Å². The van der Waals surface area contributed by atoms with Crippen molar-refractivity contribution < 1.29 is 0 Å². The van der Waals surface area contributed by atoms with Gasteiger partial charge in [-0.25, -0.2) is 14.5 Å². The Kier molecular flexibility index (Phi) is 3.47. The SMILES string of the molecule is Cc1c(-c2ccn(C)n2)cn2nc(-c3nccn3C)nc(-n3[nH]c(N)cc3=O)c12. The van der Waals surface area contributed by atoms with Gasteiger partial charge in [-0.2, -0.15) is 9.78 Å². The molecule has 0 saturated heterocycles. The average molecular weight is 390 g/mol. The van der Waals surface area contributed by atoms with Crippen LogP contribution >= 0.6 is 0 Å². The van der Waals surface area contributed by atoms with Gasteiger partial charge < -0.3 is 10.3 Å². The maximum atomic E-state index is 12.5. The molecule has 11 nitrogen and oxygen atoms in total. The summed E-state index contributed by atoms with van der Waals surface area (Å²) in [6.45, 7) is 1.95. The third-order valence-corrected chi connectivity index (χ3v) is 4.83. The number of nitrogens with one attached hydrogen (secondary N) is 1. The smallest absolute Gasteiger partial charge is 0.274 e. The maximum Gasteiger partial charge on any atom is 0.274 e. The molecule has 29 heavy (non-hydrogen) atoms. The number of hydrogen-bond donors (Lipinski definition) is 2. The van der Waals surface area contributed by atoms with E-state index >= 15 is 0 Å². The highest BCUT2D eigenvalue weighted by Gasteiger charge is 2.21. The number of H-pyrrole nitrogens is 1. The number of rotatable bonds is 3. The van der Waals surface area contributed by atoms with E-state index in [1.165, 1.54) is 10.7 Å². The van der Waals surface area contributed by atoms with Gasteiger partial charge in [-0.05, 0) is 18.6 Å². The zero-order chi connectivity index (χ0) is 20.3. The summed E-state index contributed by atoms with van der Waals surface area (Å²) in [6.07, 6.45) is 7.23. The molecule has 0 saturated carbocycles. The van der Waals surface area contributed by atoms with Crippen LogP contribution in [-0.4, -0.2) is 43.7 Å². The minimum absolute atomic E-state index is 0.250. The number of nitrogens with zero attached hydrogens (tertiary/aromatic N) is 8. The summed E-state index contributed by atoms with van der Waals surface area (Å²) in [5.41, 5.74) is 8.75. The molecule has 5 aromatic heterocycles. The van der Waals surface area contributed by atoms with Crippen LogP contribution in [0.15, 0.2) is 41.7 Å². The molecule has 5 rings (SSSR count). The van der Waals surface area contributed by atoms with E-state index in [1.807, 2.05) is 50.2 Å². The summed E-state index contributed by atoms with van der Waals surface area (Å²) >= 11 is 0. The molecule has 11 heteroatoms. The Hall–Kier alpha value is -4.15. The number of aromatic amines is 1. The molecule has 5 aromatic rings. The molecule has 5 heterocycles. The van der Waals surface area contributed by atoms with Gasteiger partial charge in [-0.3, -0.25) is 14.6 Å². The lowest BCUT2D eigenvalue weighted by Crippen LogP contribution is -2.18. The standard InChI is InChI=1S/C18H18N10O/c1-10-11(12-4-6-26(3)22-12)9-27-15(10)17(28-14(29)8-13(19)23-28)21-16(24-27)18-20-5-7-25(18)2/h4-9,23H,19H2,1-3H3. The molecular weight excluding hydrogens is 372 g/mol. The maximum absolute atomic E-state index is 12.5. The van der Waals surface area contributed by atoms with Crippen molar-refractivity contribution in [3.05, 3.63) is 52.8 Å². The van der Waals surface area contributed by atoms with Gasteiger partial charge in [0.05, 0.1) is 5.69 Å². The van der Waals surface area contributed by atoms with Crippen molar-refractivity contribution >= 4 is 11.3 Å². The van der Waals surface area contributed by atoms with Gasteiger partial charge in [-0.1, -0.05) is 0 Å². The lowest BCUT2D eigenvalue weighted by atomic mass is 10.1. The molecule has 0 spiro atoms. The zero-order valence-electron chi connectivity index (χ0n) is 16.0. The Bertz CT molecular complexity index is 1430. The highest BCUT2D eigenvalue weighted by atomic mass is 16.1. The Morgan fingerprint density at radius 1 is 1.17 bits per heavy atom. The number of fused-ring (bicyclic) bond motifs is 1. The second-order valence-corrected chi connectivity index (χ2v) is 6.84. The molecular formula is C18H18N10O. The molecule has 0 aliphatic heterocycles. The molecule has 0 aliphatic rings. The molecule has 0 bridgehead atoms. The van der Waals surface area contributed by atoms with Crippen molar-refractivity contribution in [2.45, 2.75) is 6.92 Å². The first-order chi connectivity index (χ1) is 13.9. The van der Waals surface area contributed by atoms with Crippen LogP contribution in [0.5, 0.6) is 0 Å².